The number of benzene rings is 1. The zero-order chi connectivity index (χ0) is 15.8. The molecule has 0 aromatic heterocycles. The van der Waals surface area contributed by atoms with Gasteiger partial charge in [-0.05, 0) is 25.2 Å². The van der Waals surface area contributed by atoms with Crippen LogP contribution in [0.3, 0.4) is 0 Å². The first-order chi connectivity index (χ1) is 9.95. The molecule has 0 bridgehead atoms. The summed E-state index contributed by atoms with van der Waals surface area (Å²) >= 11 is 0. The molecule has 1 amide bonds. The summed E-state index contributed by atoms with van der Waals surface area (Å²) in [6.45, 7) is 3.29. The van der Waals surface area contributed by atoms with Crippen LogP contribution in [0, 0.1) is 0 Å². The summed E-state index contributed by atoms with van der Waals surface area (Å²) in [6, 6.07) is 5.34. The molecule has 6 heteroatoms. The lowest BCUT2D eigenvalue weighted by atomic mass is 10.1. The molecular weight excluding hydrogens is 268 g/mol. The van der Waals surface area contributed by atoms with Crippen molar-refractivity contribution in [2.75, 3.05) is 65.5 Å². The number of carbonyl (C=O) groups is 1. The third kappa shape index (κ3) is 5.61. The van der Waals surface area contributed by atoms with Gasteiger partial charge in [0.2, 0.25) is 0 Å². The van der Waals surface area contributed by atoms with Crippen LogP contribution in [0.5, 0.6) is 0 Å². The van der Waals surface area contributed by atoms with Gasteiger partial charge < -0.3 is 25.6 Å². The highest BCUT2D eigenvalue weighted by atomic mass is 16.5. The van der Waals surface area contributed by atoms with E-state index >= 15 is 0 Å². The van der Waals surface area contributed by atoms with E-state index in [4.69, 9.17) is 10.5 Å². The van der Waals surface area contributed by atoms with Gasteiger partial charge in [-0.1, -0.05) is 0 Å². The fraction of sp³-hybridized carbons (Fsp3) is 0.533. The van der Waals surface area contributed by atoms with Crippen LogP contribution in [0.2, 0.25) is 0 Å². The zero-order valence-electron chi connectivity index (χ0n) is 13.3. The number of nitrogens with two attached hydrogens (primary N) is 1. The fourth-order valence-corrected chi connectivity index (χ4v) is 1.86. The normalized spacial score (nSPS) is 10.7. The average molecular weight is 294 g/mol. The quantitative estimate of drug-likeness (QED) is 0.699. The van der Waals surface area contributed by atoms with Crippen LogP contribution in [-0.4, -0.2) is 70.2 Å². The highest BCUT2D eigenvalue weighted by molar-refractivity contribution is 5.95. The minimum Gasteiger partial charge on any atom is -0.397 e. The molecule has 0 atom stereocenters. The van der Waals surface area contributed by atoms with Gasteiger partial charge >= 0.3 is 0 Å². The predicted molar refractivity (Wildman–Crippen MR) is 86.7 cm³/mol. The van der Waals surface area contributed by atoms with Crippen molar-refractivity contribution >= 4 is 17.3 Å². The lowest BCUT2D eigenvalue weighted by Crippen LogP contribution is -2.28. The van der Waals surface area contributed by atoms with Gasteiger partial charge in [0.25, 0.3) is 5.91 Å². The molecule has 118 valence electrons. The molecule has 1 aromatic carbocycles. The lowest BCUT2D eigenvalue weighted by molar-refractivity contribution is 0.0827. The van der Waals surface area contributed by atoms with E-state index in [1.807, 2.05) is 13.1 Å². The number of carbonyl (C=O) groups excluding carboxylic acids is 1. The first-order valence-corrected chi connectivity index (χ1v) is 6.98. The molecule has 0 aliphatic rings. The second-order valence-corrected chi connectivity index (χ2v) is 5.22. The smallest absolute Gasteiger partial charge is 0.253 e. The molecule has 0 aliphatic heterocycles. The van der Waals surface area contributed by atoms with E-state index in [0.29, 0.717) is 11.3 Å². The molecule has 0 fully saturated rings. The summed E-state index contributed by atoms with van der Waals surface area (Å²) in [4.78, 5) is 15.6. The first kappa shape index (κ1) is 17.3. The summed E-state index contributed by atoms with van der Waals surface area (Å²) in [5.74, 6) is -0.0486. The fourth-order valence-electron chi connectivity index (χ4n) is 1.86. The van der Waals surface area contributed by atoms with Gasteiger partial charge in [0, 0.05) is 46.4 Å². The van der Waals surface area contributed by atoms with Gasteiger partial charge in [-0.25, -0.2) is 0 Å². The van der Waals surface area contributed by atoms with Crippen molar-refractivity contribution in [2.24, 2.45) is 0 Å². The molecule has 21 heavy (non-hydrogen) atoms. The Bertz CT molecular complexity index is 463. The molecule has 0 unspecified atom stereocenters. The maximum absolute atomic E-state index is 11.8. The molecule has 0 saturated heterocycles. The number of likely N-dealkylation sites (N-methyl/N-ethyl adjacent to an activating group) is 1. The predicted octanol–water partition coefficient (Wildman–Crippen LogP) is 0.961. The Morgan fingerprint density at radius 3 is 2.57 bits per heavy atom. The molecule has 0 radical (unpaired) electrons. The first-order valence-electron chi connectivity index (χ1n) is 6.98. The standard InChI is InChI=1S/C15H26N4O2/c1-18(2)15(20)12-5-6-14(13(16)11-12)17-7-8-19(3)9-10-21-4/h5-6,11,17H,7-10,16H2,1-4H3. The van der Waals surface area contributed by atoms with Crippen molar-refractivity contribution in [2.45, 2.75) is 0 Å². The number of hydrogen-bond donors (Lipinski definition) is 2. The van der Waals surface area contributed by atoms with Crippen molar-refractivity contribution < 1.29 is 9.53 Å². The van der Waals surface area contributed by atoms with E-state index in [1.54, 1.807) is 33.3 Å². The molecular formula is C15H26N4O2. The highest BCUT2D eigenvalue weighted by Gasteiger charge is 2.09. The molecule has 0 saturated carbocycles. The molecule has 0 spiro atoms. The third-order valence-corrected chi connectivity index (χ3v) is 3.19. The molecule has 0 aliphatic carbocycles. The minimum atomic E-state index is -0.0486. The number of nitrogens with one attached hydrogen (secondary N) is 1. The van der Waals surface area contributed by atoms with Crippen LogP contribution in [0.4, 0.5) is 11.4 Å². The van der Waals surface area contributed by atoms with Gasteiger partial charge in [0.15, 0.2) is 0 Å². The van der Waals surface area contributed by atoms with E-state index in [-0.39, 0.29) is 5.91 Å². The third-order valence-electron chi connectivity index (χ3n) is 3.19. The number of methoxy groups -OCH3 is 1. The van der Waals surface area contributed by atoms with E-state index < -0.39 is 0 Å². The van der Waals surface area contributed by atoms with Crippen LogP contribution < -0.4 is 11.1 Å². The van der Waals surface area contributed by atoms with Gasteiger partial charge in [0.05, 0.1) is 18.0 Å². The Balaban J connectivity index is 2.51. The largest absolute Gasteiger partial charge is 0.397 e. The maximum Gasteiger partial charge on any atom is 0.253 e. The van der Waals surface area contributed by atoms with Crippen LogP contribution in [0.15, 0.2) is 18.2 Å². The average Bonchev–Trinajstić information content (AvgIpc) is 2.45. The number of anilines is 2. The number of amides is 1. The van der Waals surface area contributed by atoms with Gasteiger partial charge in [0.1, 0.15) is 0 Å². The number of rotatable bonds is 8. The van der Waals surface area contributed by atoms with Gasteiger partial charge in [-0.2, -0.15) is 0 Å². The number of nitrogens with zero attached hydrogens (tertiary/aromatic N) is 2. The summed E-state index contributed by atoms with van der Waals surface area (Å²) in [5.41, 5.74) is 8.02. The number of ether oxygens (including phenoxy) is 1. The van der Waals surface area contributed by atoms with Crippen molar-refractivity contribution in [3.8, 4) is 0 Å². The van der Waals surface area contributed by atoms with E-state index in [2.05, 4.69) is 10.2 Å². The second kappa shape index (κ2) is 8.49. The van der Waals surface area contributed by atoms with E-state index in [1.165, 1.54) is 4.90 Å². The van der Waals surface area contributed by atoms with Crippen molar-refractivity contribution in [1.29, 1.82) is 0 Å². The van der Waals surface area contributed by atoms with Crippen molar-refractivity contribution in [1.82, 2.24) is 9.80 Å². The Hall–Kier alpha value is -1.79. The second-order valence-electron chi connectivity index (χ2n) is 5.22. The van der Waals surface area contributed by atoms with Crippen molar-refractivity contribution in [3.05, 3.63) is 23.8 Å². The summed E-state index contributed by atoms with van der Waals surface area (Å²) in [6.07, 6.45) is 0. The minimum absolute atomic E-state index is 0.0486. The van der Waals surface area contributed by atoms with Gasteiger partial charge in [-0.3, -0.25) is 4.79 Å². The Labute approximate surface area is 126 Å². The monoisotopic (exact) mass is 294 g/mol. The Morgan fingerprint density at radius 2 is 2.00 bits per heavy atom. The summed E-state index contributed by atoms with van der Waals surface area (Å²) in [7, 11) is 7.19. The maximum atomic E-state index is 11.8. The molecule has 3 N–H and O–H groups in total. The van der Waals surface area contributed by atoms with Crippen LogP contribution in [0.25, 0.3) is 0 Å². The lowest BCUT2D eigenvalue weighted by Gasteiger charge is -2.18. The molecule has 1 aromatic rings. The molecule has 6 nitrogen and oxygen atoms in total. The topological polar surface area (TPSA) is 70.8 Å². The zero-order valence-corrected chi connectivity index (χ0v) is 13.3. The van der Waals surface area contributed by atoms with Gasteiger partial charge in [-0.15, -0.1) is 0 Å². The van der Waals surface area contributed by atoms with Crippen LogP contribution >= 0.6 is 0 Å². The summed E-state index contributed by atoms with van der Waals surface area (Å²) < 4.78 is 5.03. The Morgan fingerprint density at radius 1 is 1.29 bits per heavy atom. The van der Waals surface area contributed by atoms with Crippen LogP contribution in [-0.2, 0) is 4.74 Å². The number of nitrogen functional groups attached to an aromatic ring is 1. The van der Waals surface area contributed by atoms with Crippen LogP contribution in [0.1, 0.15) is 10.4 Å². The van der Waals surface area contributed by atoms with E-state index in [9.17, 15) is 4.79 Å². The molecule has 0 heterocycles. The SMILES string of the molecule is COCCN(C)CCNc1ccc(C(=O)N(C)C)cc1N. The highest BCUT2D eigenvalue weighted by Crippen LogP contribution is 2.20. The van der Waals surface area contributed by atoms with Crippen molar-refractivity contribution in [3.63, 3.8) is 0 Å². The number of hydrogen-bond acceptors (Lipinski definition) is 5. The molecule has 1 rings (SSSR count). The van der Waals surface area contributed by atoms with E-state index in [0.717, 1.165) is 31.9 Å². The Kier molecular flexibility index (Phi) is 6.98. The summed E-state index contributed by atoms with van der Waals surface area (Å²) in [5, 5.41) is 3.28.